The van der Waals surface area contributed by atoms with E-state index in [1.165, 1.54) is 6.07 Å². The number of amides is 1. The van der Waals surface area contributed by atoms with Crippen molar-refractivity contribution < 1.29 is 18.8 Å². The van der Waals surface area contributed by atoms with E-state index in [0.29, 0.717) is 26.3 Å². The number of aromatic nitrogens is 3. The molecule has 0 atom stereocenters. The van der Waals surface area contributed by atoms with Crippen LogP contribution in [0.25, 0.3) is 0 Å². The topological polar surface area (TPSA) is 126 Å². The fourth-order valence-corrected chi connectivity index (χ4v) is 2.54. The van der Waals surface area contributed by atoms with Gasteiger partial charge in [0.2, 0.25) is 0 Å². The second-order valence-electron chi connectivity index (χ2n) is 5.91. The molecule has 28 heavy (non-hydrogen) atoms. The van der Waals surface area contributed by atoms with Crippen LogP contribution in [0.1, 0.15) is 21.9 Å². The van der Waals surface area contributed by atoms with Crippen molar-refractivity contribution in [2.45, 2.75) is 0 Å². The van der Waals surface area contributed by atoms with Gasteiger partial charge in [-0.25, -0.2) is 9.37 Å². The van der Waals surface area contributed by atoms with Crippen LogP contribution in [0.4, 0.5) is 10.1 Å². The Morgan fingerprint density at radius 1 is 1.39 bits per heavy atom. The summed E-state index contributed by atoms with van der Waals surface area (Å²) in [5.41, 5.74) is -0.294. The van der Waals surface area contributed by atoms with Gasteiger partial charge in [0.15, 0.2) is 11.4 Å². The molecule has 0 bridgehead atoms. The van der Waals surface area contributed by atoms with Gasteiger partial charge in [-0.3, -0.25) is 24.9 Å². The van der Waals surface area contributed by atoms with Crippen LogP contribution in [0.15, 0.2) is 18.3 Å². The number of nitrogens with zero attached hydrogens (tertiary/aromatic N) is 4. The van der Waals surface area contributed by atoms with Crippen LogP contribution >= 0.6 is 0 Å². The second-order valence-corrected chi connectivity index (χ2v) is 5.91. The highest BCUT2D eigenvalue weighted by atomic mass is 19.1. The number of aromatic amines is 1. The average Bonchev–Trinajstić information content (AvgIpc) is 3.17. The van der Waals surface area contributed by atoms with E-state index in [1.54, 1.807) is 0 Å². The Bertz CT molecular complexity index is 929. The van der Waals surface area contributed by atoms with Gasteiger partial charge >= 0.3 is 5.69 Å². The SMILES string of the molecule is O=C(NCCN1CCOCC1)c1cc(C#Cc2ncc(F)cc2[N+](=O)[O-])[nH]n1. The molecule has 0 aromatic carbocycles. The molecule has 1 aliphatic rings. The van der Waals surface area contributed by atoms with Crippen LogP contribution < -0.4 is 5.32 Å². The van der Waals surface area contributed by atoms with E-state index >= 15 is 0 Å². The fraction of sp³-hybridized carbons (Fsp3) is 0.353. The van der Waals surface area contributed by atoms with Crippen LogP contribution in [0.2, 0.25) is 0 Å². The zero-order valence-corrected chi connectivity index (χ0v) is 14.8. The summed E-state index contributed by atoms with van der Waals surface area (Å²) in [6.07, 6.45) is 0.845. The molecule has 1 amide bonds. The highest BCUT2D eigenvalue weighted by molar-refractivity contribution is 5.92. The number of H-pyrrole nitrogens is 1. The molecule has 11 heteroatoms. The molecule has 2 aromatic heterocycles. The third-order valence-corrected chi connectivity index (χ3v) is 3.97. The molecular weight excluding hydrogens is 371 g/mol. The van der Waals surface area contributed by atoms with Crippen LogP contribution in [0.3, 0.4) is 0 Å². The highest BCUT2D eigenvalue weighted by Gasteiger charge is 2.15. The predicted molar refractivity (Wildman–Crippen MR) is 95.0 cm³/mol. The van der Waals surface area contributed by atoms with Crippen LogP contribution in [-0.4, -0.2) is 70.3 Å². The van der Waals surface area contributed by atoms with Crippen LogP contribution in [0.5, 0.6) is 0 Å². The molecular formula is C17H17FN6O4. The Hall–Kier alpha value is -3.36. The molecule has 0 unspecified atom stereocenters. The van der Waals surface area contributed by atoms with E-state index < -0.39 is 16.4 Å². The normalized spacial score (nSPS) is 14.2. The van der Waals surface area contributed by atoms with Crippen molar-refractivity contribution in [1.82, 2.24) is 25.4 Å². The summed E-state index contributed by atoms with van der Waals surface area (Å²) in [4.78, 5) is 28.1. The minimum absolute atomic E-state index is 0.146. The Kier molecular flexibility index (Phi) is 6.25. The summed E-state index contributed by atoms with van der Waals surface area (Å²) in [5.74, 6) is 3.90. The molecule has 3 heterocycles. The monoisotopic (exact) mass is 388 g/mol. The number of morpholine rings is 1. The Morgan fingerprint density at radius 2 is 2.18 bits per heavy atom. The Morgan fingerprint density at radius 3 is 2.93 bits per heavy atom. The third kappa shape index (κ3) is 5.09. The molecule has 1 saturated heterocycles. The van der Waals surface area contributed by atoms with Crippen molar-refractivity contribution in [2.24, 2.45) is 0 Å². The van der Waals surface area contributed by atoms with E-state index in [2.05, 4.69) is 37.2 Å². The number of pyridine rings is 1. The molecule has 2 aromatic rings. The van der Waals surface area contributed by atoms with Crippen molar-refractivity contribution in [3.63, 3.8) is 0 Å². The predicted octanol–water partition coefficient (Wildman–Crippen LogP) is 0.314. The maximum absolute atomic E-state index is 13.1. The smallest absolute Gasteiger partial charge is 0.306 e. The average molecular weight is 388 g/mol. The Labute approximate surface area is 159 Å². The maximum atomic E-state index is 13.1. The molecule has 0 aliphatic carbocycles. The summed E-state index contributed by atoms with van der Waals surface area (Å²) >= 11 is 0. The first-order valence-electron chi connectivity index (χ1n) is 8.48. The van der Waals surface area contributed by atoms with Gasteiger partial charge < -0.3 is 10.1 Å². The van der Waals surface area contributed by atoms with Crippen molar-refractivity contribution >= 4 is 11.6 Å². The summed E-state index contributed by atoms with van der Waals surface area (Å²) in [6, 6.07) is 2.17. The number of nitrogens with one attached hydrogen (secondary N) is 2. The van der Waals surface area contributed by atoms with Crippen molar-refractivity contribution in [3.8, 4) is 11.8 Å². The summed E-state index contributed by atoms with van der Waals surface area (Å²) in [7, 11) is 0. The van der Waals surface area contributed by atoms with E-state index in [0.717, 1.165) is 25.4 Å². The van der Waals surface area contributed by atoms with E-state index in [-0.39, 0.29) is 23.0 Å². The number of rotatable bonds is 5. The number of halogens is 1. The minimum Gasteiger partial charge on any atom is -0.379 e. The number of hydrogen-bond acceptors (Lipinski definition) is 7. The lowest BCUT2D eigenvalue weighted by Gasteiger charge is -2.26. The van der Waals surface area contributed by atoms with Gasteiger partial charge in [0, 0.05) is 32.2 Å². The summed E-state index contributed by atoms with van der Waals surface area (Å²) < 4.78 is 18.4. The zero-order valence-electron chi connectivity index (χ0n) is 14.8. The number of carbonyl (C=O) groups excluding carboxylic acids is 1. The standard InChI is InChI=1S/C17H17FN6O4/c18-12-9-16(24(26)27)14(20-11-12)2-1-13-10-15(22-21-13)17(25)19-3-4-23-5-7-28-8-6-23/h9-11H,3-8H2,(H,19,25)(H,21,22). The van der Waals surface area contributed by atoms with Crippen molar-refractivity contribution in [1.29, 1.82) is 0 Å². The molecule has 10 nitrogen and oxygen atoms in total. The van der Waals surface area contributed by atoms with E-state index in [4.69, 9.17) is 4.74 Å². The molecule has 0 spiro atoms. The van der Waals surface area contributed by atoms with E-state index in [9.17, 15) is 19.3 Å². The van der Waals surface area contributed by atoms with Gasteiger partial charge in [0.05, 0.1) is 30.4 Å². The van der Waals surface area contributed by atoms with Crippen molar-refractivity contribution in [2.75, 3.05) is 39.4 Å². The molecule has 0 saturated carbocycles. The second kappa shape index (κ2) is 9.03. The summed E-state index contributed by atoms with van der Waals surface area (Å²) in [6.45, 7) is 4.24. The lowest BCUT2D eigenvalue weighted by atomic mass is 10.2. The molecule has 146 valence electrons. The first-order chi connectivity index (χ1) is 13.5. The summed E-state index contributed by atoms with van der Waals surface area (Å²) in [5, 5.41) is 20.2. The lowest BCUT2D eigenvalue weighted by molar-refractivity contribution is -0.385. The first-order valence-corrected chi connectivity index (χ1v) is 8.48. The maximum Gasteiger partial charge on any atom is 0.306 e. The molecule has 1 aliphatic heterocycles. The highest BCUT2D eigenvalue weighted by Crippen LogP contribution is 2.16. The van der Waals surface area contributed by atoms with Crippen molar-refractivity contribution in [3.05, 3.63) is 51.3 Å². The molecule has 0 radical (unpaired) electrons. The molecule has 2 N–H and O–H groups in total. The van der Waals surface area contributed by atoms with Crippen LogP contribution in [0, 0.1) is 27.8 Å². The van der Waals surface area contributed by atoms with Gasteiger partial charge in [-0.1, -0.05) is 0 Å². The van der Waals surface area contributed by atoms with Crippen LogP contribution in [-0.2, 0) is 4.74 Å². The van der Waals surface area contributed by atoms with Gasteiger partial charge in [-0.15, -0.1) is 0 Å². The van der Waals surface area contributed by atoms with Gasteiger partial charge in [0.1, 0.15) is 11.5 Å². The number of nitro groups is 1. The zero-order chi connectivity index (χ0) is 19.9. The fourth-order valence-electron chi connectivity index (χ4n) is 2.54. The number of ether oxygens (including phenoxy) is 1. The Balaban J connectivity index is 1.59. The third-order valence-electron chi connectivity index (χ3n) is 3.97. The van der Waals surface area contributed by atoms with Gasteiger partial charge in [-0.05, 0) is 11.8 Å². The first kappa shape index (κ1) is 19.4. The number of hydrogen-bond donors (Lipinski definition) is 2. The molecule has 3 rings (SSSR count). The van der Waals surface area contributed by atoms with Gasteiger partial charge in [-0.2, -0.15) is 5.10 Å². The van der Waals surface area contributed by atoms with Gasteiger partial charge in [0.25, 0.3) is 5.91 Å². The molecule has 1 fully saturated rings. The quantitative estimate of drug-likeness (QED) is 0.429. The van der Waals surface area contributed by atoms with E-state index in [1.807, 2.05) is 0 Å². The number of carbonyl (C=O) groups is 1. The largest absolute Gasteiger partial charge is 0.379 e. The minimum atomic E-state index is -0.824. The lowest BCUT2D eigenvalue weighted by Crippen LogP contribution is -2.41.